The first-order valence-corrected chi connectivity index (χ1v) is 5.63. The molecule has 0 aliphatic heterocycles. The molecule has 1 rings (SSSR count). The number of hydrogen-bond acceptors (Lipinski definition) is 4. The fourth-order valence-corrected chi connectivity index (χ4v) is 1.53. The zero-order valence-electron chi connectivity index (χ0n) is 10.0. The molecule has 0 bridgehead atoms. The number of hydrogen-bond donors (Lipinski definition) is 2. The molecule has 92 valence electrons. The standard InChI is InChI=1S/C13H18N2O2/c1-17-10-13(16)5-6-15-9-12-4-2-3-11(7-12)8-14/h2-4,7,13,15-16H,5-6,9-10H2,1H3. The molecular formula is C13H18N2O2. The van der Waals surface area contributed by atoms with Gasteiger partial charge < -0.3 is 15.2 Å². The van der Waals surface area contributed by atoms with Gasteiger partial charge in [0.25, 0.3) is 0 Å². The third kappa shape index (κ3) is 5.45. The van der Waals surface area contributed by atoms with Gasteiger partial charge in [-0.3, -0.25) is 0 Å². The van der Waals surface area contributed by atoms with Crippen molar-refractivity contribution in [2.45, 2.75) is 19.1 Å². The van der Waals surface area contributed by atoms with Crippen LogP contribution in [0.15, 0.2) is 24.3 Å². The minimum atomic E-state index is -0.419. The average Bonchev–Trinajstić information content (AvgIpc) is 2.35. The SMILES string of the molecule is COCC(O)CCNCc1cccc(C#N)c1. The number of methoxy groups -OCH3 is 1. The van der Waals surface area contributed by atoms with Crippen LogP contribution < -0.4 is 5.32 Å². The van der Waals surface area contributed by atoms with Crippen molar-refractivity contribution in [3.8, 4) is 6.07 Å². The van der Waals surface area contributed by atoms with Crippen LogP contribution in [0.5, 0.6) is 0 Å². The minimum absolute atomic E-state index is 0.367. The van der Waals surface area contributed by atoms with Gasteiger partial charge in [0.2, 0.25) is 0 Å². The Balaban J connectivity index is 2.24. The fourth-order valence-electron chi connectivity index (χ4n) is 1.53. The summed E-state index contributed by atoms with van der Waals surface area (Å²) in [6, 6.07) is 9.59. The summed E-state index contributed by atoms with van der Waals surface area (Å²) in [6.45, 7) is 1.79. The number of nitrogens with one attached hydrogen (secondary N) is 1. The third-order valence-corrected chi connectivity index (χ3v) is 2.40. The van der Waals surface area contributed by atoms with Crippen molar-refractivity contribution >= 4 is 0 Å². The van der Waals surface area contributed by atoms with Crippen molar-refractivity contribution in [2.24, 2.45) is 0 Å². The summed E-state index contributed by atoms with van der Waals surface area (Å²) < 4.78 is 4.84. The summed E-state index contributed by atoms with van der Waals surface area (Å²) in [7, 11) is 1.57. The molecule has 4 nitrogen and oxygen atoms in total. The molecule has 0 radical (unpaired) electrons. The molecule has 1 aromatic rings. The molecule has 0 heterocycles. The van der Waals surface area contributed by atoms with Crippen molar-refractivity contribution in [3.63, 3.8) is 0 Å². The molecule has 1 unspecified atom stereocenters. The summed E-state index contributed by atoms with van der Waals surface area (Å²) in [4.78, 5) is 0. The van der Waals surface area contributed by atoms with Gasteiger partial charge in [0.05, 0.1) is 24.3 Å². The number of nitrogens with zero attached hydrogens (tertiary/aromatic N) is 1. The first-order chi connectivity index (χ1) is 8.26. The Labute approximate surface area is 102 Å². The highest BCUT2D eigenvalue weighted by Gasteiger charge is 2.02. The van der Waals surface area contributed by atoms with E-state index in [0.717, 1.165) is 12.1 Å². The topological polar surface area (TPSA) is 65.3 Å². The number of rotatable bonds is 7. The molecule has 17 heavy (non-hydrogen) atoms. The van der Waals surface area contributed by atoms with Crippen LogP contribution in [0.1, 0.15) is 17.5 Å². The van der Waals surface area contributed by atoms with Crippen molar-refractivity contribution in [2.75, 3.05) is 20.3 Å². The summed E-state index contributed by atoms with van der Waals surface area (Å²) in [5.41, 5.74) is 1.74. The van der Waals surface area contributed by atoms with Crippen LogP contribution in [-0.4, -0.2) is 31.5 Å². The monoisotopic (exact) mass is 234 g/mol. The summed E-state index contributed by atoms with van der Waals surface area (Å²) in [5, 5.41) is 21.4. The second-order valence-electron chi connectivity index (χ2n) is 3.89. The summed E-state index contributed by atoms with van der Waals surface area (Å²) in [5.74, 6) is 0. The van der Waals surface area contributed by atoms with Gasteiger partial charge in [-0.15, -0.1) is 0 Å². The Morgan fingerprint density at radius 2 is 2.35 bits per heavy atom. The van der Waals surface area contributed by atoms with Gasteiger partial charge in [0.15, 0.2) is 0 Å². The Bertz CT molecular complexity index is 374. The number of aliphatic hydroxyl groups excluding tert-OH is 1. The van der Waals surface area contributed by atoms with E-state index >= 15 is 0 Å². The molecule has 0 fully saturated rings. The lowest BCUT2D eigenvalue weighted by Gasteiger charge is -2.10. The highest BCUT2D eigenvalue weighted by molar-refractivity contribution is 5.32. The molecule has 0 spiro atoms. The average molecular weight is 234 g/mol. The molecule has 0 aliphatic rings. The van der Waals surface area contributed by atoms with Crippen LogP contribution in [0.2, 0.25) is 0 Å². The maximum absolute atomic E-state index is 9.42. The molecule has 0 aliphatic carbocycles. The maximum atomic E-state index is 9.42. The van der Waals surface area contributed by atoms with Crippen LogP contribution >= 0.6 is 0 Å². The van der Waals surface area contributed by atoms with Crippen LogP contribution in [0.25, 0.3) is 0 Å². The van der Waals surface area contributed by atoms with Gasteiger partial charge in [-0.1, -0.05) is 12.1 Å². The molecule has 2 N–H and O–H groups in total. The van der Waals surface area contributed by atoms with Crippen molar-refractivity contribution in [1.29, 1.82) is 5.26 Å². The van der Waals surface area contributed by atoms with Gasteiger partial charge in [-0.25, -0.2) is 0 Å². The lowest BCUT2D eigenvalue weighted by molar-refractivity contribution is 0.0594. The Morgan fingerprint density at radius 1 is 1.53 bits per heavy atom. The lowest BCUT2D eigenvalue weighted by atomic mass is 10.1. The maximum Gasteiger partial charge on any atom is 0.0991 e. The summed E-state index contributed by atoms with van der Waals surface area (Å²) in [6.07, 6.45) is 0.240. The lowest BCUT2D eigenvalue weighted by Crippen LogP contribution is -2.23. The third-order valence-electron chi connectivity index (χ3n) is 2.40. The Kier molecular flexibility index (Phi) is 6.26. The predicted octanol–water partition coefficient (Wildman–Crippen LogP) is 1.05. The van der Waals surface area contributed by atoms with E-state index in [4.69, 9.17) is 10.00 Å². The highest BCUT2D eigenvalue weighted by Crippen LogP contribution is 2.03. The van der Waals surface area contributed by atoms with Crippen molar-refractivity contribution < 1.29 is 9.84 Å². The van der Waals surface area contributed by atoms with Crippen LogP contribution in [0, 0.1) is 11.3 Å². The van der Waals surface area contributed by atoms with E-state index in [9.17, 15) is 5.11 Å². The van der Waals surface area contributed by atoms with E-state index in [0.29, 0.717) is 25.1 Å². The molecule has 1 atom stereocenters. The fraction of sp³-hybridized carbons (Fsp3) is 0.462. The van der Waals surface area contributed by atoms with E-state index in [1.54, 1.807) is 13.2 Å². The van der Waals surface area contributed by atoms with E-state index in [-0.39, 0.29) is 0 Å². The number of ether oxygens (including phenoxy) is 1. The predicted molar refractivity (Wildman–Crippen MR) is 65.4 cm³/mol. The van der Waals surface area contributed by atoms with Crippen LogP contribution in [0.3, 0.4) is 0 Å². The minimum Gasteiger partial charge on any atom is -0.391 e. The Morgan fingerprint density at radius 3 is 3.06 bits per heavy atom. The van der Waals surface area contributed by atoms with Crippen molar-refractivity contribution in [1.82, 2.24) is 5.32 Å². The zero-order valence-corrected chi connectivity index (χ0v) is 10.0. The van der Waals surface area contributed by atoms with Gasteiger partial charge in [0, 0.05) is 13.7 Å². The largest absolute Gasteiger partial charge is 0.391 e. The zero-order chi connectivity index (χ0) is 12.5. The van der Waals surface area contributed by atoms with Crippen LogP contribution in [-0.2, 0) is 11.3 Å². The Hall–Kier alpha value is -1.41. The first-order valence-electron chi connectivity index (χ1n) is 5.63. The van der Waals surface area contributed by atoms with Crippen LogP contribution in [0.4, 0.5) is 0 Å². The van der Waals surface area contributed by atoms with E-state index in [1.165, 1.54) is 0 Å². The van der Waals surface area contributed by atoms with Gasteiger partial charge in [0.1, 0.15) is 0 Å². The quantitative estimate of drug-likeness (QED) is 0.692. The van der Waals surface area contributed by atoms with E-state index in [1.807, 2.05) is 18.2 Å². The smallest absolute Gasteiger partial charge is 0.0991 e. The molecule has 0 saturated heterocycles. The molecule has 0 saturated carbocycles. The molecule has 4 heteroatoms. The highest BCUT2D eigenvalue weighted by atomic mass is 16.5. The van der Waals surface area contributed by atoms with Crippen molar-refractivity contribution in [3.05, 3.63) is 35.4 Å². The molecule has 1 aromatic carbocycles. The number of aliphatic hydroxyl groups is 1. The van der Waals surface area contributed by atoms with E-state index in [2.05, 4.69) is 11.4 Å². The number of benzene rings is 1. The van der Waals surface area contributed by atoms with E-state index < -0.39 is 6.10 Å². The normalized spacial score (nSPS) is 12.1. The molecule has 0 aromatic heterocycles. The molecule has 0 amide bonds. The number of nitriles is 1. The second kappa shape index (κ2) is 7.80. The first kappa shape index (κ1) is 13.7. The summed E-state index contributed by atoms with van der Waals surface area (Å²) >= 11 is 0. The second-order valence-corrected chi connectivity index (χ2v) is 3.89. The van der Waals surface area contributed by atoms with Gasteiger partial charge >= 0.3 is 0 Å². The molecular weight excluding hydrogens is 216 g/mol. The van der Waals surface area contributed by atoms with Gasteiger partial charge in [-0.05, 0) is 30.7 Å². The van der Waals surface area contributed by atoms with Gasteiger partial charge in [-0.2, -0.15) is 5.26 Å².